The van der Waals surface area contributed by atoms with Crippen molar-refractivity contribution in [2.45, 2.75) is 57.9 Å². The molecule has 7 nitrogen and oxygen atoms in total. The molecule has 2 heterocycles. The molecule has 1 amide bonds. The minimum absolute atomic E-state index is 0.155. The highest BCUT2D eigenvalue weighted by molar-refractivity contribution is 5.82. The highest BCUT2D eigenvalue weighted by atomic mass is 16.6. The van der Waals surface area contributed by atoms with Gasteiger partial charge in [-0.05, 0) is 34.1 Å². The van der Waals surface area contributed by atoms with Gasteiger partial charge in [0, 0.05) is 32.3 Å². The lowest BCUT2D eigenvalue weighted by Crippen LogP contribution is -2.61. The quantitative estimate of drug-likeness (QED) is 0.727. The number of piperazine rings is 1. The van der Waals surface area contributed by atoms with Gasteiger partial charge in [0.2, 0.25) is 0 Å². The van der Waals surface area contributed by atoms with Crippen LogP contribution in [-0.2, 0) is 19.0 Å². The van der Waals surface area contributed by atoms with Crippen LogP contribution >= 0.6 is 0 Å². The molecule has 0 unspecified atom stereocenters. The molecule has 0 aromatic heterocycles. The van der Waals surface area contributed by atoms with Crippen molar-refractivity contribution >= 4 is 12.1 Å². The molecule has 7 heteroatoms. The van der Waals surface area contributed by atoms with Crippen molar-refractivity contribution in [1.82, 2.24) is 9.80 Å². The first-order valence-electron chi connectivity index (χ1n) is 8.18. The van der Waals surface area contributed by atoms with E-state index in [1.807, 2.05) is 27.7 Å². The van der Waals surface area contributed by atoms with Gasteiger partial charge in [-0.15, -0.1) is 0 Å². The van der Waals surface area contributed by atoms with Crippen molar-refractivity contribution in [2.75, 3.05) is 33.4 Å². The van der Waals surface area contributed by atoms with Crippen molar-refractivity contribution in [1.29, 1.82) is 0 Å². The van der Waals surface area contributed by atoms with Crippen LogP contribution in [0.2, 0.25) is 0 Å². The van der Waals surface area contributed by atoms with Crippen LogP contribution in [-0.4, -0.2) is 79.0 Å². The Morgan fingerprint density at radius 3 is 2.43 bits per heavy atom. The Hall–Kier alpha value is -1.34. The van der Waals surface area contributed by atoms with E-state index >= 15 is 0 Å². The molecule has 2 aliphatic rings. The molecule has 2 rings (SSSR count). The summed E-state index contributed by atoms with van der Waals surface area (Å²) in [6.07, 6.45) is 0.551. The second-order valence-electron chi connectivity index (χ2n) is 7.09. The summed E-state index contributed by atoms with van der Waals surface area (Å²) in [4.78, 5) is 28.3. The normalized spacial score (nSPS) is 28.4. The lowest BCUT2D eigenvalue weighted by atomic mass is 10.1. The number of hydrogen-bond donors (Lipinski definition) is 0. The van der Waals surface area contributed by atoms with E-state index in [2.05, 4.69) is 4.90 Å². The number of esters is 1. The van der Waals surface area contributed by atoms with Gasteiger partial charge in [0.1, 0.15) is 11.6 Å². The van der Waals surface area contributed by atoms with Crippen LogP contribution in [0.25, 0.3) is 0 Å². The molecule has 0 aromatic carbocycles. The summed E-state index contributed by atoms with van der Waals surface area (Å²) in [6, 6.07) is -0.438. The molecule has 0 saturated carbocycles. The zero-order valence-electron chi connectivity index (χ0n) is 14.7. The maximum absolute atomic E-state index is 12.5. The smallest absolute Gasteiger partial charge is 0.411 e. The van der Waals surface area contributed by atoms with Gasteiger partial charge in [-0.3, -0.25) is 9.80 Å². The van der Waals surface area contributed by atoms with Crippen LogP contribution in [0, 0.1) is 0 Å². The van der Waals surface area contributed by atoms with Gasteiger partial charge in [0.05, 0.1) is 13.2 Å². The molecular formula is C16H28N2O5. The minimum Gasteiger partial charge on any atom is -0.467 e. The first-order valence-corrected chi connectivity index (χ1v) is 8.18. The zero-order chi connectivity index (χ0) is 17.2. The SMILES string of the molecule is CCO[C@@H]1C[C@@H]2CN(C(=O)OC(C)(C)C)[C@@H](C(=O)OC)CN2C1. The standard InChI is InChI=1S/C16H28N2O5/c1-6-22-12-7-11-8-18(15(20)23-16(2,3)4)13(14(19)21-5)10-17(11)9-12/h11-13H,6-10H2,1-5H3/t11-,12-,13-/m1/s1. The average Bonchev–Trinajstić information content (AvgIpc) is 2.85. The Bertz CT molecular complexity index is 448. The second-order valence-corrected chi connectivity index (χ2v) is 7.09. The molecule has 0 bridgehead atoms. The molecule has 2 saturated heterocycles. The summed E-state index contributed by atoms with van der Waals surface area (Å²) in [7, 11) is 1.34. The Morgan fingerprint density at radius 1 is 1.17 bits per heavy atom. The van der Waals surface area contributed by atoms with E-state index in [9.17, 15) is 9.59 Å². The first kappa shape index (κ1) is 18.0. The van der Waals surface area contributed by atoms with Crippen LogP contribution in [0.1, 0.15) is 34.1 Å². The number of fused-ring (bicyclic) bond motifs is 1. The number of ether oxygens (including phenoxy) is 3. The molecular weight excluding hydrogens is 300 g/mol. The third-order valence-electron chi connectivity index (χ3n) is 4.18. The molecule has 0 spiro atoms. The third-order valence-corrected chi connectivity index (χ3v) is 4.18. The van der Waals surface area contributed by atoms with Crippen LogP contribution in [0.4, 0.5) is 4.79 Å². The summed E-state index contributed by atoms with van der Waals surface area (Å²) >= 11 is 0. The number of methoxy groups -OCH3 is 1. The third kappa shape index (κ3) is 4.35. The number of amides is 1. The maximum atomic E-state index is 12.5. The Labute approximate surface area is 137 Å². The molecule has 2 aliphatic heterocycles. The fourth-order valence-corrected chi connectivity index (χ4v) is 3.24. The zero-order valence-corrected chi connectivity index (χ0v) is 14.7. The fourth-order valence-electron chi connectivity index (χ4n) is 3.24. The highest BCUT2D eigenvalue weighted by Crippen LogP contribution is 2.28. The number of rotatable bonds is 3. The number of nitrogens with zero attached hydrogens (tertiary/aromatic N) is 2. The fraction of sp³-hybridized carbons (Fsp3) is 0.875. The van der Waals surface area contributed by atoms with Crippen LogP contribution in [0.5, 0.6) is 0 Å². The van der Waals surface area contributed by atoms with Gasteiger partial charge in [0.25, 0.3) is 0 Å². The summed E-state index contributed by atoms with van der Waals surface area (Å²) in [6.45, 7) is 9.79. The lowest BCUT2D eigenvalue weighted by Gasteiger charge is -2.42. The monoisotopic (exact) mass is 328 g/mol. The predicted molar refractivity (Wildman–Crippen MR) is 84.1 cm³/mol. The predicted octanol–water partition coefficient (Wildman–Crippen LogP) is 1.26. The molecule has 3 atom stereocenters. The van der Waals surface area contributed by atoms with Crippen molar-refractivity contribution in [3.8, 4) is 0 Å². The summed E-state index contributed by atoms with van der Waals surface area (Å²) in [5.74, 6) is -0.408. The van der Waals surface area contributed by atoms with E-state index in [-0.39, 0.29) is 12.1 Å². The van der Waals surface area contributed by atoms with Gasteiger partial charge in [-0.2, -0.15) is 0 Å². The second kappa shape index (κ2) is 7.05. The van der Waals surface area contributed by atoms with E-state index < -0.39 is 23.7 Å². The average molecular weight is 328 g/mol. The number of hydrogen-bond acceptors (Lipinski definition) is 6. The van der Waals surface area contributed by atoms with Crippen LogP contribution < -0.4 is 0 Å². The van der Waals surface area contributed by atoms with E-state index in [4.69, 9.17) is 14.2 Å². The number of carbonyl (C=O) groups is 2. The van der Waals surface area contributed by atoms with E-state index in [1.165, 1.54) is 12.0 Å². The lowest BCUT2D eigenvalue weighted by molar-refractivity contribution is -0.149. The van der Waals surface area contributed by atoms with Gasteiger partial charge in [-0.1, -0.05) is 0 Å². The highest BCUT2D eigenvalue weighted by Gasteiger charge is 2.46. The molecule has 2 fully saturated rings. The topological polar surface area (TPSA) is 68.3 Å². The Kier molecular flexibility index (Phi) is 5.52. The number of carbonyl (C=O) groups excluding carboxylic acids is 2. The molecule has 0 aromatic rings. The van der Waals surface area contributed by atoms with E-state index in [0.717, 1.165) is 13.0 Å². The minimum atomic E-state index is -0.633. The first-order chi connectivity index (χ1) is 10.7. The van der Waals surface area contributed by atoms with Gasteiger partial charge in [-0.25, -0.2) is 9.59 Å². The summed E-state index contributed by atoms with van der Waals surface area (Å²) in [5.41, 5.74) is -0.599. The van der Waals surface area contributed by atoms with Gasteiger partial charge >= 0.3 is 12.1 Å². The van der Waals surface area contributed by atoms with Crippen LogP contribution in [0.15, 0.2) is 0 Å². The Balaban J connectivity index is 2.12. The van der Waals surface area contributed by atoms with Crippen molar-refractivity contribution in [2.24, 2.45) is 0 Å². The van der Waals surface area contributed by atoms with Crippen molar-refractivity contribution in [3.05, 3.63) is 0 Å². The molecule has 0 aliphatic carbocycles. The molecule has 0 N–H and O–H groups in total. The van der Waals surface area contributed by atoms with Gasteiger partial charge < -0.3 is 14.2 Å². The summed E-state index contributed by atoms with van der Waals surface area (Å²) in [5, 5.41) is 0. The van der Waals surface area contributed by atoms with Crippen LogP contribution in [0.3, 0.4) is 0 Å². The van der Waals surface area contributed by atoms with E-state index in [0.29, 0.717) is 19.7 Å². The molecule has 132 valence electrons. The van der Waals surface area contributed by atoms with Gasteiger partial charge in [0.15, 0.2) is 0 Å². The Morgan fingerprint density at radius 2 is 1.87 bits per heavy atom. The van der Waals surface area contributed by atoms with Crippen molar-refractivity contribution < 1.29 is 23.8 Å². The molecule has 23 heavy (non-hydrogen) atoms. The van der Waals surface area contributed by atoms with Crippen molar-refractivity contribution in [3.63, 3.8) is 0 Å². The van der Waals surface area contributed by atoms with E-state index in [1.54, 1.807) is 0 Å². The maximum Gasteiger partial charge on any atom is 0.411 e. The summed E-state index contributed by atoms with van der Waals surface area (Å²) < 4.78 is 16.0. The molecule has 0 radical (unpaired) electrons. The largest absolute Gasteiger partial charge is 0.467 e.